The Balaban J connectivity index is 2.25. The van der Waals surface area contributed by atoms with E-state index in [1.165, 1.54) is 32.2 Å². The van der Waals surface area contributed by atoms with Crippen LogP contribution < -0.4 is 5.73 Å². The summed E-state index contributed by atoms with van der Waals surface area (Å²) in [6.45, 7) is 5.46. The zero-order valence-electron chi connectivity index (χ0n) is 7.55. The van der Waals surface area contributed by atoms with Crippen LogP contribution in [0.4, 0.5) is 0 Å². The van der Waals surface area contributed by atoms with Gasteiger partial charge in [-0.25, -0.2) is 0 Å². The van der Waals surface area contributed by atoms with Crippen molar-refractivity contribution in [1.82, 2.24) is 4.90 Å². The Morgan fingerprint density at radius 3 is 3.00 bits per heavy atom. The summed E-state index contributed by atoms with van der Waals surface area (Å²) in [6.07, 6.45) is 5.45. The first-order chi connectivity index (χ1) is 5.38. The molecule has 1 aliphatic rings. The molecule has 1 rings (SSSR count). The molecular weight excluding hydrogens is 136 g/mol. The van der Waals surface area contributed by atoms with Gasteiger partial charge in [0, 0.05) is 19.1 Å². The van der Waals surface area contributed by atoms with E-state index in [-0.39, 0.29) is 0 Å². The molecule has 0 spiro atoms. The van der Waals surface area contributed by atoms with Gasteiger partial charge in [0.2, 0.25) is 0 Å². The molecule has 0 aromatic heterocycles. The minimum Gasteiger partial charge on any atom is -0.329 e. The van der Waals surface area contributed by atoms with Crippen molar-refractivity contribution in [1.29, 1.82) is 0 Å². The first-order valence-corrected chi connectivity index (χ1v) is 4.82. The third-order valence-corrected chi connectivity index (χ3v) is 2.54. The van der Waals surface area contributed by atoms with E-state index in [0.29, 0.717) is 0 Å². The molecule has 1 unspecified atom stereocenters. The topological polar surface area (TPSA) is 29.3 Å². The number of nitrogens with two attached hydrogens (primary N) is 1. The molecule has 0 aliphatic carbocycles. The van der Waals surface area contributed by atoms with E-state index in [0.717, 1.165) is 19.1 Å². The molecule has 1 heterocycles. The zero-order valence-corrected chi connectivity index (χ0v) is 7.55. The lowest BCUT2D eigenvalue weighted by Gasteiger charge is -2.22. The maximum absolute atomic E-state index is 5.53. The molecule has 0 saturated carbocycles. The molecule has 11 heavy (non-hydrogen) atoms. The van der Waals surface area contributed by atoms with Crippen molar-refractivity contribution in [3.63, 3.8) is 0 Å². The van der Waals surface area contributed by atoms with Crippen molar-refractivity contribution in [3.8, 4) is 0 Å². The predicted molar refractivity (Wildman–Crippen MR) is 48.6 cm³/mol. The van der Waals surface area contributed by atoms with Crippen LogP contribution in [0.25, 0.3) is 0 Å². The van der Waals surface area contributed by atoms with Gasteiger partial charge in [0.05, 0.1) is 0 Å². The molecule has 0 radical (unpaired) electrons. The van der Waals surface area contributed by atoms with Crippen LogP contribution in [0.5, 0.6) is 0 Å². The summed E-state index contributed by atoms with van der Waals surface area (Å²) in [6, 6.07) is 0.851. The van der Waals surface area contributed by atoms with E-state index < -0.39 is 0 Å². The van der Waals surface area contributed by atoms with Gasteiger partial charge >= 0.3 is 0 Å². The molecule has 2 heteroatoms. The van der Waals surface area contributed by atoms with Gasteiger partial charge in [-0.05, 0) is 25.8 Å². The monoisotopic (exact) mass is 156 g/mol. The molecule has 1 saturated heterocycles. The van der Waals surface area contributed by atoms with E-state index in [4.69, 9.17) is 5.73 Å². The average Bonchev–Trinajstić information content (AvgIpc) is 2.39. The van der Waals surface area contributed by atoms with Gasteiger partial charge in [-0.2, -0.15) is 0 Å². The Hall–Kier alpha value is -0.0800. The fraction of sp³-hybridized carbons (Fsp3) is 1.00. The Kier molecular flexibility index (Phi) is 3.87. The summed E-state index contributed by atoms with van der Waals surface area (Å²) >= 11 is 0. The van der Waals surface area contributed by atoms with E-state index in [9.17, 15) is 0 Å². The van der Waals surface area contributed by atoms with Gasteiger partial charge in [0.25, 0.3) is 0 Å². The number of rotatable bonds is 4. The lowest BCUT2D eigenvalue weighted by atomic mass is 10.1. The Bertz CT molecular complexity index is 91.7. The zero-order chi connectivity index (χ0) is 8.10. The van der Waals surface area contributed by atoms with Crippen LogP contribution >= 0.6 is 0 Å². The summed E-state index contributed by atoms with van der Waals surface area (Å²) in [5.74, 6) is 0. The van der Waals surface area contributed by atoms with Crippen molar-refractivity contribution in [2.45, 2.75) is 38.6 Å². The van der Waals surface area contributed by atoms with Crippen LogP contribution in [0.2, 0.25) is 0 Å². The lowest BCUT2D eigenvalue weighted by Crippen LogP contribution is -2.33. The Morgan fingerprint density at radius 2 is 2.36 bits per heavy atom. The first-order valence-electron chi connectivity index (χ1n) is 4.82. The normalized spacial score (nSPS) is 26.2. The van der Waals surface area contributed by atoms with Gasteiger partial charge in [-0.3, -0.25) is 4.90 Å². The van der Waals surface area contributed by atoms with Crippen LogP contribution in [0.3, 0.4) is 0 Å². The largest absolute Gasteiger partial charge is 0.329 e. The van der Waals surface area contributed by atoms with E-state index in [2.05, 4.69) is 11.8 Å². The second-order valence-corrected chi connectivity index (χ2v) is 3.41. The maximum atomic E-state index is 5.53. The average molecular weight is 156 g/mol. The van der Waals surface area contributed by atoms with Crippen molar-refractivity contribution in [2.75, 3.05) is 19.6 Å². The van der Waals surface area contributed by atoms with Crippen LogP contribution in [0.15, 0.2) is 0 Å². The third kappa shape index (κ3) is 2.46. The second kappa shape index (κ2) is 4.73. The SMILES string of the molecule is CCCC1CCCN1CCN. The molecule has 1 atom stereocenters. The molecule has 66 valence electrons. The van der Waals surface area contributed by atoms with Gasteiger partial charge in [0.15, 0.2) is 0 Å². The van der Waals surface area contributed by atoms with Crippen LogP contribution in [-0.2, 0) is 0 Å². The van der Waals surface area contributed by atoms with Gasteiger partial charge in [-0.15, -0.1) is 0 Å². The lowest BCUT2D eigenvalue weighted by molar-refractivity contribution is 0.248. The highest BCUT2D eigenvalue weighted by Crippen LogP contribution is 2.20. The molecular formula is C9H20N2. The third-order valence-electron chi connectivity index (χ3n) is 2.54. The molecule has 0 aromatic rings. The molecule has 1 aliphatic heterocycles. The van der Waals surface area contributed by atoms with E-state index in [1.54, 1.807) is 0 Å². The molecule has 1 fully saturated rings. The van der Waals surface area contributed by atoms with Gasteiger partial charge < -0.3 is 5.73 Å². The van der Waals surface area contributed by atoms with Crippen molar-refractivity contribution >= 4 is 0 Å². The molecule has 0 bridgehead atoms. The number of hydrogen-bond acceptors (Lipinski definition) is 2. The van der Waals surface area contributed by atoms with Crippen molar-refractivity contribution < 1.29 is 0 Å². The van der Waals surface area contributed by atoms with Gasteiger partial charge in [0.1, 0.15) is 0 Å². The predicted octanol–water partition coefficient (Wildman–Crippen LogP) is 1.21. The van der Waals surface area contributed by atoms with E-state index in [1.807, 2.05) is 0 Å². The highest BCUT2D eigenvalue weighted by atomic mass is 15.2. The molecule has 0 aromatic carbocycles. The quantitative estimate of drug-likeness (QED) is 0.663. The standard InChI is InChI=1S/C9H20N2/c1-2-4-9-5-3-7-11(9)8-6-10/h9H,2-8,10H2,1H3. The number of hydrogen-bond donors (Lipinski definition) is 1. The Morgan fingerprint density at radius 1 is 1.55 bits per heavy atom. The molecule has 2 N–H and O–H groups in total. The first kappa shape index (κ1) is 9.01. The highest BCUT2D eigenvalue weighted by Gasteiger charge is 2.21. The van der Waals surface area contributed by atoms with E-state index >= 15 is 0 Å². The summed E-state index contributed by atoms with van der Waals surface area (Å²) in [5, 5.41) is 0. The summed E-state index contributed by atoms with van der Waals surface area (Å²) < 4.78 is 0. The summed E-state index contributed by atoms with van der Waals surface area (Å²) in [5.41, 5.74) is 5.53. The van der Waals surface area contributed by atoms with Crippen LogP contribution in [0.1, 0.15) is 32.6 Å². The number of nitrogens with zero attached hydrogens (tertiary/aromatic N) is 1. The fourth-order valence-electron chi connectivity index (χ4n) is 2.02. The summed E-state index contributed by atoms with van der Waals surface area (Å²) in [7, 11) is 0. The smallest absolute Gasteiger partial charge is 0.0108 e. The highest BCUT2D eigenvalue weighted by molar-refractivity contribution is 4.78. The van der Waals surface area contributed by atoms with Crippen LogP contribution in [0, 0.1) is 0 Å². The summed E-state index contributed by atoms with van der Waals surface area (Å²) in [4.78, 5) is 2.55. The van der Waals surface area contributed by atoms with Crippen molar-refractivity contribution in [2.24, 2.45) is 5.73 Å². The number of likely N-dealkylation sites (tertiary alicyclic amines) is 1. The fourth-order valence-corrected chi connectivity index (χ4v) is 2.02. The minimum absolute atomic E-state index is 0.820. The Labute approximate surface area is 69.8 Å². The minimum atomic E-state index is 0.820. The van der Waals surface area contributed by atoms with Crippen molar-refractivity contribution in [3.05, 3.63) is 0 Å². The van der Waals surface area contributed by atoms with Gasteiger partial charge in [-0.1, -0.05) is 13.3 Å². The molecule has 0 amide bonds. The van der Waals surface area contributed by atoms with Crippen LogP contribution in [-0.4, -0.2) is 30.6 Å². The maximum Gasteiger partial charge on any atom is 0.0108 e. The molecule has 2 nitrogen and oxygen atoms in total. The second-order valence-electron chi connectivity index (χ2n) is 3.41.